The number of rotatable bonds is 3. The van der Waals surface area contributed by atoms with Crippen LogP contribution in [0.4, 0.5) is 0 Å². The van der Waals surface area contributed by atoms with Gasteiger partial charge in [-0.05, 0) is 60.5 Å². The summed E-state index contributed by atoms with van der Waals surface area (Å²) < 4.78 is 17.7. The molecular formula is C25H36O4. The van der Waals surface area contributed by atoms with E-state index in [9.17, 15) is 4.79 Å². The van der Waals surface area contributed by atoms with Gasteiger partial charge in [0.2, 0.25) is 5.79 Å². The summed E-state index contributed by atoms with van der Waals surface area (Å²) in [5, 5.41) is 0. The first-order chi connectivity index (χ1) is 13.5. The lowest BCUT2D eigenvalue weighted by Gasteiger charge is -2.58. The van der Waals surface area contributed by atoms with Crippen molar-refractivity contribution in [1.82, 2.24) is 0 Å². The van der Waals surface area contributed by atoms with E-state index in [2.05, 4.69) is 27.7 Å². The maximum Gasteiger partial charge on any atom is 0.246 e. The molecule has 0 spiro atoms. The number of Topliss-reactive ketones (excluding diaryl/α,β-unsaturated/α-hetero) is 1. The van der Waals surface area contributed by atoms with Crippen LogP contribution < -0.4 is 14.2 Å². The third-order valence-electron chi connectivity index (χ3n) is 8.00. The molecule has 0 amide bonds. The number of methoxy groups -OCH3 is 1. The van der Waals surface area contributed by atoms with E-state index in [1.165, 1.54) is 19.3 Å². The molecule has 2 aliphatic carbocycles. The highest BCUT2D eigenvalue weighted by Gasteiger charge is 2.56. The van der Waals surface area contributed by atoms with Crippen molar-refractivity contribution in [2.45, 2.75) is 79.4 Å². The zero-order valence-electron chi connectivity index (χ0n) is 19.1. The predicted octanol–water partition coefficient (Wildman–Crippen LogP) is 6.26. The Morgan fingerprint density at radius 1 is 1.07 bits per heavy atom. The zero-order chi connectivity index (χ0) is 21.2. The van der Waals surface area contributed by atoms with E-state index in [4.69, 9.17) is 14.2 Å². The van der Waals surface area contributed by atoms with Crippen molar-refractivity contribution in [3.8, 4) is 17.2 Å². The lowest BCUT2D eigenvalue weighted by atomic mass is 9.46. The number of carbonyl (C=O) groups is 1. The van der Waals surface area contributed by atoms with Crippen molar-refractivity contribution in [3.63, 3.8) is 0 Å². The summed E-state index contributed by atoms with van der Waals surface area (Å²) in [5.41, 5.74) is 0.840. The number of ether oxygens (including phenoxy) is 3. The van der Waals surface area contributed by atoms with Crippen molar-refractivity contribution < 1.29 is 19.0 Å². The third-order valence-corrected chi connectivity index (χ3v) is 8.00. The predicted molar refractivity (Wildman–Crippen MR) is 114 cm³/mol. The van der Waals surface area contributed by atoms with Gasteiger partial charge >= 0.3 is 0 Å². The van der Waals surface area contributed by atoms with Crippen LogP contribution in [0.3, 0.4) is 0 Å². The standard InChI is InChI=1S/C25H36O4/c1-15-9-12-18-23(2,3)13-8-14-25(18,6)20(15)21(26)19-16(27-7)10-11-17-22(19)29-24(4,5)28-17/h10-11,15,18,20H,8-9,12-14H2,1-7H3/t15-,18-,20+,25-/m0/s1. The number of fused-ring (bicyclic) bond motifs is 2. The quantitative estimate of drug-likeness (QED) is 0.561. The van der Waals surface area contributed by atoms with Crippen LogP contribution in [-0.2, 0) is 0 Å². The maximum absolute atomic E-state index is 14.2. The van der Waals surface area contributed by atoms with Crippen LogP contribution in [0, 0.1) is 28.6 Å². The second-order valence-corrected chi connectivity index (χ2v) is 10.9. The van der Waals surface area contributed by atoms with Crippen LogP contribution in [0.5, 0.6) is 17.2 Å². The molecule has 2 fully saturated rings. The zero-order valence-corrected chi connectivity index (χ0v) is 19.1. The monoisotopic (exact) mass is 400 g/mol. The Labute approximate surface area is 175 Å². The SMILES string of the molecule is COc1ccc2c(c1C(=O)[C@H]1[C@@H](C)CC[C@H]3C(C)(C)CCC[C@]13C)OC(C)(C)O2. The fraction of sp³-hybridized carbons (Fsp3) is 0.720. The summed E-state index contributed by atoms with van der Waals surface area (Å²) in [6, 6.07) is 3.69. The van der Waals surface area contributed by atoms with Crippen molar-refractivity contribution in [2.24, 2.45) is 28.6 Å². The lowest BCUT2D eigenvalue weighted by Crippen LogP contribution is -2.53. The van der Waals surface area contributed by atoms with Crippen LogP contribution in [0.15, 0.2) is 12.1 Å². The summed E-state index contributed by atoms with van der Waals surface area (Å²) >= 11 is 0. The summed E-state index contributed by atoms with van der Waals surface area (Å²) in [4.78, 5) is 14.2. The average Bonchev–Trinajstić information content (AvgIpc) is 2.93. The number of hydrogen-bond acceptors (Lipinski definition) is 4. The van der Waals surface area contributed by atoms with Crippen LogP contribution in [0.25, 0.3) is 0 Å². The van der Waals surface area contributed by atoms with Crippen molar-refractivity contribution in [1.29, 1.82) is 0 Å². The lowest BCUT2D eigenvalue weighted by molar-refractivity contribution is -0.0798. The first-order valence-electron chi connectivity index (χ1n) is 11.1. The van der Waals surface area contributed by atoms with Gasteiger partial charge in [-0.25, -0.2) is 0 Å². The van der Waals surface area contributed by atoms with E-state index in [0.717, 1.165) is 12.8 Å². The van der Waals surface area contributed by atoms with Crippen molar-refractivity contribution in [2.75, 3.05) is 7.11 Å². The molecule has 0 saturated heterocycles. The van der Waals surface area contributed by atoms with E-state index in [1.807, 2.05) is 26.0 Å². The van der Waals surface area contributed by atoms with Gasteiger partial charge in [0.05, 0.1) is 7.11 Å². The second kappa shape index (κ2) is 6.65. The number of benzene rings is 1. The highest BCUT2D eigenvalue weighted by atomic mass is 16.7. The first-order valence-corrected chi connectivity index (χ1v) is 11.1. The van der Waals surface area contributed by atoms with Gasteiger partial charge in [-0.15, -0.1) is 0 Å². The van der Waals surface area contributed by atoms with Crippen LogP contribution in [0.2, 0.25) is 0 Å². The fourth-order valence-electron chi connectivity index (χ4n) is 6.88. The van der Waals surface area contributed by atoms with Crippen LogP contribution in [0.1, 0.15) is 84.0 Å². The molecule has 1 aromatic rings. The normalized spacial score (nSPS) is 34.4. The second-order valence-electron chi connectivity index (χ2n) is 10.9. The van der Waals surface area contributed by atoms with Gasteiger partial charge in [-0.3, -0.25) is 4.79 Å². The van der Waals surface area contributed by atoms with E-state index in [0.29, 0.717) is 34.6 Å². The van der Waals surface area contributed by atoms with E-state index >= 15 is 0 Å². The highest BCUT2D eigenvalue weighted by molar-refractivity contribution is 6.04. The van der Waals surface area contributed by atoms with E-state index in [1.54, 1.807) is 7.11 Å². The van der Waals surface area contributed by atoms with Crippen molar-refractivity contribution in [3.05, 3.63) is 17.7 Å². The number of carbonyl (C=O) groups excluding carboxylic acids is 1. The van der Waals surface area contributed by atoms with Gasteiger partial charge < -0.3 is 14.2 Å². The summed E-state index contributed by atoms with van der Waals surface area (Å²) in [6.45, 7) is 13.2. The minimum Gasteiger partial charge on any atom is -0.496 e. The van der Waals surface area contributed by atoms with E-state index in [-0.39, 0.29) is 22.5 Å². The number of ketones is 1. The molecule has 0 radical (unpaired) electrons. The summed E-state index contributed by atoms with van der Waals surface area (Å²) in [6.07, 6.45) is 5.86. The van der Waals surface area contributed by atoms with Gasteiger partial charge in [-0.1, -0.05) is 34.1 Å². The molecule has 0 N–H and O–H groups in total. The molecule has 4 atom stereocenters. The summed E-state index contributed by atoms with van der Waals surface area (Å²) in [7, 11) is 1.62. The van der Waals surface area contributed by atoms with Gasteiger partial charge in [0, 0.05) is 19.8 Å². The molecule has 0 bridgehead atoms. The molecule has 1 aromatic carbocycles. The first kappa shape index (κ1) is 20.6. The molecular weight excluding hydrogens is 364 g/mol. The minimum absolute atomic E-state index is 0.000778. The van der Waals surface area contributed by atoms with Crippen molar-refractivity contribution >= 4 is 5.78 Å². The van der Waals surface area contributed by atoms with Gasteiger partial charge in [0.25, 0.3) is 0 Å². The van der Waals surface area contributed by atoms with Gasteiger partial charge in [-0.2, -0.15) is 0 Å². The Hall–Kier alpha value is -1.71. The Morgan fingerprint density at radius 2 is 1.79 bits per heavy atom. The molecule has 29 heavy (non-hydrogen) atoms. The minimum atomic E-state index is -0.777. The van der Waals surface area contributed by atoms with Crippen LogP contribution >= 0.6 is 0 Å². The molecule has 4 rings (SSSR count). The van der Waals surface area contributed by atoms with Gasteiger partial charge in [0.1, 0.15) is 11.3 Å². The summed E-state index contributed by atoms with van der Waals surface area (Å²) in [5.74, 6) is 2.02. The Bertz CT molecular complexity index is 824. The Kier molecular flexibility index (Phi) is 4.71. The van der Waals surface area contributed by atoms with E-state index < -0.39 is 5.79 Å². The molecule has 1 aliphatic heterocycles. The highest BCUT2D eigenvalue weighted by Crippen LogP contribution is 2.62. The fourth-order valence-corrected chi connectivity index (χ4v) is 6.88. The average molecular weight is 401 g/mol. The Balaban J connectivity index is 1.81. The number of hydrogen-bond donors (Lipinski definition) is 0. The molecule has 2 saturated carbocycles. The molecule has 0 unspecified atom stereocenters. The third kappa shape index (κ3) is 3.14. The molecule has 0 aromatic heterocycles. The Morgan fingerprint density at radius 3 is 2.48 bits per heavy atom. The van der Waals surface area contributed by atoms with Gasteiger partial charge in [0.15, 0.2) is 17.3 Å². The maximum atomic E-state index is 14.2. The topological polar surface area (TPSA) is 44.8 Å². The molecule has 160 valence electrons. The van der Waals surface area contributed by atoms with Crippen LogP contribution in [-0.4, -0.2) is 18.7 Å². The molecule has 4 nitrogen and oxygen atoms in total. The largest absolute Gasteiger partial charge is 0.496 e. The molecule has 3 aliphatic rings. The molecule has 1 heterocycles. The smallest absolute Gasteiger partial charge is 0.246 e. The molecule has 4 heteroatoms.